The predicted octanol–water partition coefficient (Wildman–Crippen LogP) is 3.82. The van der Waals surface area contributed by atoms with E-state index >= 15 is 0 Å². The van der Waals surface area contributed by atoms with Crippen molar-refractivity contribution in [1.82, 2.24) is 14.4 Å². The zero-order valence-corrected chi connectivity index (χ0v) is 18.9. The summed E-state index contributed by atoms with van der Waals surface area (Å²) in [5.74, 6) is 0.518. The van der Waals surface area contributed by atoms with E-state index in [1.54, 1.807) is 6.07 Å². The molecule has 164 valence electrons. The summed E-state index contributed by atoms with van der Waals surface area (Å²) >= 11 is 1.47. The number of hydrogen-bond acceptors (Lipinski definition) is 8. The molecular weight excluding hydrogens is 438 g/mol. The van der Waals surface area contributed by atoms with Crippen molar-refractivity contribution in [3.63, 3.8) is 0 Å². The van der Waals surface area contributed by atoms with Crippen molar-refractivity contribution >= 4 is 27.3 Å². The Morgan fingerprint density at radius 3 is 2.71 bits per heavy atom. The Morgan fingerprint density at radius 2 is 2.00 bits per heavy atom. The van der Waals surface area contributed by atoms with Gasteiger partial charge in [-0.25, -0.2) is 13.2 Å². The van der Waals surface area contributed by atoms with Gasteiger partial charge in [0.05, 0.1) is 15.3 Å². The van der Waals surface area contributed by atoms with Gasteiger partial charge in [-0.2, -0.15) is 9.29 Å². The van der Waals surface area contributed by atoms with Gasteiger partial charge < -0.3 is 9.26 Å². The highest BCUT2D eigenvalue weighted by molar-refractivity contribution is 7.89. The second-order valence-electron chi connectivity index (χ2n) is 7.86. The summed E-state index contributed by atoms with van der Waals surface area (Å²) in [6.07, 6.45) is 1.00. The van der Waals surface area contributed by atoms with Crippen molar-refractivity contribution in [1.29, 1.82) is 0 Å². The van der Waals surface area contributed by atoms with Crippen molar-refractivity contribution in [3.8, 4) is 10.7 Å². The van der Waals surface area contributed by atoms with E-state index in [9.17, 15) is 13.2 Å². The second-order valence-corrected chi connectivity index (χ2v) is 10.7. The molecule has 0 bridgehead atoms. The molecule has 1 fully saturated rings. The van der Waals surface area contributed by atoms with Crippen LogP contribution in [-0.4, -0.2) is 41.9 Å². The number of carbonyl (C=O) groups excluding carboxylic acids is 1. The molecule has 1 saturated heterocycles. The van der Waals surface area contributed by atoms with Gasteiger partial charge in [-0.3, -0.25) is 0 Å². The number of piperidine rings is 1. The molecule has 2 unspecified atom stereocenters. The molecular formula is C21H23N3O5S2. The Kier molecular flexibility index (Phi) is 6.22. The number of benzene rings is 1. The van der Waals surface area contributed by atoms with Crippen LogP contribution >= 0.6 is 11.3 Å². The van der Waals surface area contributed by atoms with Crippen molar-refractivity contribution < 1.29 is 22.5 Å². The number of esters is 1. The molecule has 0 aliphatic carbocycles. The maximum atomic E-state index is 13.1. The summed E-state index contributed by atoms with van der Waals surface area (Å²) < 4.78 is 38.0. The molecule has 2 atom stereocenters. The third-order valence-corrected chi connectivity index (χ3v) is 7.77. The van der Waals surface area contributed by atoms with Gasteiger partial charge in [0.25, 0.3) is 5.89 Å². The molecule has 1 aliphatic heterocycles. The van der Waals surface area contributed by atoms with Gasteiger partial charge in [-0.15, -0.1) is 11.3 Å². The Hall–Kier alpha value is -2.56. The molecule has 3 heterocycles. The fourth-order valence-electron chi connectivity index (χ4n) is 3.76. The monoisotopic (exact) mass is 461 g/mol. The first-order valence-corrected chi connectivity index (χ1v) is 12.3. The minimum Gasteiger partial charge on any atom is -0.452 e. The van der Waals surface area contributed by atoms with Gasteiger partial charge in [0, 0.05) is 13.1 Å². The maximum absolute atomic E-state index is 13.1. The maximum Gasteiger partial charge on any atom is 0.338 e. The van der Waals surface area contributed by atoms with E-state index in [1.165, 1.54) is 33.8 Å². The average molecular weight is 462 g/mol. The summed E-state index contributed by atoms with van der Waals surface area (Å²) in [5.41, 5.74) is 0.150. The van der Waals surface area contributed by atoms with Crippen molar-refractivity contribution in [2.24, 2.45) is 11.8 Å². The van der Waals surface area contributed by atoms with Crippen LogP contribution in [0.25, 0.3) is 10.7 Å². The molecule has 0 spiro atoms. The molecule has 10 heteroatoms. The normalized spacial score (nSPS) is 19.9. The van der Waals surface area contributed by atoms with Crippen molar-refractivity contribution in [3.05, 3.63) is 53.2 Å². The number of rotatable bonds is 6. The molecule has 3 aromatic rings. The van der Waals surface area contributed by atoms with E-state index in [0.717, 1.165) is 11.3 Å². The van der Waals surface area contributed by atoms with Crippen LogP contribution < -0.4 is 0 Å². The number of ether oxygens (including phenoxy) is 1. The fourth-order valence-corrected chi connectivity index (χ4v) is 6.14. The lowest BCUT2D eigenvalue weighted by atomic mass is 9.94. The number of nitrogens with zero attached hydrogens (tertiary/aromatic N) is 3. The largest absolute Gasteiger partial charge is 0.452 e. The Morgan fingerprint density at radius 1 is 1.23 bits per heavy atom. The van der Waals surface area contributed by atoms with E-state index in [2.05, 4.69) is 10.1 Å². The molecule has 31 heavy (non-hydrogen) atoms. The van der Waals surface area contributed by atoms with E-state index in [1.807, 2.05) is 31.4 Å². The summed E-state index contributed by atoms with van der Waals surface area (Å²) in [4.78, 5) is 17.6. The van der Waals surface area contributed by atoms with Gasteiger partial charge in [-0.1, -0.05) is 31.1 Å². The molecule has 0 saturated carbocycles. The average Bonchev–Trinajstić information content (AvgIpc) is 3.43. The van der Waals surface area contributed by atoms with E-state index in [-0.39, 0.29) is 23.0 Å². The predicted molar refractivity (Wildman–Crippen MR) is 115 cm³/mol. The third kappa shape index (κ3) is 4.86. The first kappa shape index (κ1) is 21.7. The second kappa shape index (κ2) is 8.89. The van der Waals surface area contributed by atoms with Crippen LogP contribution in [0.5, 0.6) is 0 Å². The van der Waals surface area contributed by atoms with Gasteiger partial charge in [0.15, 0.2) is 6.61 Å². The smallest absolute Gasteiger partial charge is 0.338 e. The lowest BCUT2D eigenvalue weighted by molar-refractivity contribution is 0.0429. The van der Waals surface area contributed by atoms with Crippen LogP contribution in [-0.2, 0) is 21.4 Å². The lowest BCUT2D eigenvalue weighted by Crippen LogP contribution is -2.42. The standard InChI is InChI=1S/C21H23N3O5S2/c1-14-9-15(2)12-24(11-14)31(26,27)17-6-3-5-16(10-17)21(25)28-13-19-22-20(23-29-19)18-7-4-8-30-18/h3-8,10,14-15H,9,11-13H2,1-2H3. The van der Waals surface area contributed by atoms with E-state index < -0.39 is 16.0 Å². The Balaban J connectivity index is 1.44. The zero-order chi connectivity index (χ0) is 22.0. The molecule has 4 rings (SSSR count). The van der Waals surface area contributed by atoms with Crippen LogP contribution in [0.4, 0.5) is 0 Å². The van der Waals surface area contributed by atoms with Crippen LogP contribution in [0, 0.1) is 11.8 Å². The summed E-state index contributed by atoms with van der Waals surface area (Å²) in [6, 6.07) is 9.66. The van der Waals surface area contributed by atoms with Crippen LogP contribution in [0.2, 0.25) is 0 Å². The van der Waals surface area contributed by atoms with Crippen LogP contribution in [0.1, 0.15) is 36.5 Å². The third-order valence-electron chi connectivity index (χ3n) is 5.08. The van der Waals surface area contributed by atoms with E-state index in [0.29, 0.717) is 30.7 Å². The summed E-state index contributed by atoms with van der Waals surface area (Å²) in [7, 11) is -3.69. The first-order valence-electron chi connectivity index (χ1n) is 9.96. The zero-order valence-electron chi connectivity index (χ0n) is 17.2. The Bertz CT molecular complexity index is 1150. The van der Waals surface area contributed by atoms with Crippen molar-refractivity contribution in [2.75, 3.05) is 13.1 Å². The molecule has 1 aromatic carbocycles. The minimum absolute atomic E-state index is 0.0843. The first-order chi connectivity index (χ1) is 14.8. The highest BCUT2D eigenvalue weighted by atomic mass is 32.2. The molecule has 0 N–H and O–H groups in total. The quantitative estimate of drug-likeness (QED) is 0.514. The SMILES string of the molecule is CC1CC(C)CN(S(=O)(=O)c2cccc(C(=O)OCc3nc(-c4cccs4)no3)c2)C1. The van der Waals surface area contributed by atoms with Gasteiger partial charge >= 0.3 is 5.97 Å². The van der Waals surface area contributed by atoms with Gasteiger partial charge in [-0.05, 0) is 47.9 Å². The van der Waals surface area contributed by atoms with Crippen LogP contribution in [0.3, 0.4) is 0 Å². The lowest BCUT2D eigenvalue weighted by Gasteiger charge is -2.34. The highest BCUT2D eigenvalue weighted by Crippen LogP contribution is 2.27. The molecule has 8 nitrogen and oxygen atoms in total. The van der Waals surface area contributed by atoms with Gasteiger partial charge in [0.2, 0.25) is 15.8 Å². The summed E-state index contributed by atoms with van der Waals surface area (Å²) in [5, 5.41) is 5.77. The number of thiophene rings is 1. The van der Waals surface area contributed by atoms with E-state index in [4.69, 9.17) is 9.26 Å². The molecule has 0 radical (unpaired) electrons. The number of aromatic nitrogens is 2. The van der Waals surface area contributed by atoms with Crippen LogP contribution in [0.15, 0.2) is 51.2 Å². The number of hydrogen-bond donors (Lipinski definition) is 0. The molecule has 2 aromatic heterocycles. The fraction of sp³-hybridized carbons (Fsp3) is 0.381. The highest BCUT2D eigenvalue weighted by Gasteiger charge is 2.32. The molecule has 0 amide bonds. The number of carbonyl (C=O) groups is 1. The topological polar surface area (TPSA) is 103 Å². The van der Waals surface area contributed by atoms with Gasteiger partial charge in [0.1, 0.15) is 0 Å². The molecule has 1 aliphatic rings. The van der Waals surface area contributed by atoms with Crippen molar-refractivity contribution in [2.45, 2.75) is 31.8 Å². The summed E-state index contributed by atoms with van der Waals surface area (Å²) in [6.45, 7) is 4.85. The number of sulfonamides is 1. The minimum atomic E-state index is -3.69. The Labute approximate surface area is 184 Å².